The van der Waals surface area contributed by atoms with Gasteiger partial charge in [0, 0.05) is 13.7 Å². The molecule has 0 atom stereocenters. The molecule has 0 aromatic heterocycles. The largest absolute Gasteiger partial charge is 0.444 e. The van der Waals surface area contributed by atoms with Crippen LogP contribution in [0.2, 0.25) is 0 Å². The van der Waals surface area contributed by atoms with E-state index in [1.54, 1.807) is 20.8 Å². The first-order valence-corrected chi connectivity index (χ1v) is 6.84. The maximum absolute atomic E-state index is 12.2. The number of ketones is 1. The van der Waals surface area contributed by atoms with Gasteiger partial charge in [0.15, 0.2) is 5.78 Å². The normalized spacial score (nSPS) is 11.0. The van der Waals surface area contributed by atoms with E-state index in [1.165, 1.54) is 12.0 Å². The number of ether oxygens (including phenoxy) is 2. The van der Waals surface area contributed by atoms with Crippen LogP contribution in [0.3, 0.4) is 0 Å². The number of hydrogen-bond acceptors (Lipinski definition) is 4. The molecular weight excluding hydrogens is 270 g/mol. The first-order chi connectivity index (χ1) is 9.81. The van der Waals surface area contributed by atoms with Crippen molar-refractivity contribution in [2.75, 3.05) is 20.3 Å². The van der Waals surface area contributed by atoms with Gasteiger partial charge in [-0.1, -0.05) is 30.3 Å². The van der Waals surface area contributed by atoms with Crippen molar-refractivity contribution in [3.05, 3.63) is 35.9 Å². The number of Topliss-reactive ketones (excluding diaryl/α,β-unsaturated/α-hetero) is 1. The first kappa shape index (κ1) is 17.2. The van der Waals surface area contributed by atoms with Crippen molar-refractivity contribution in [2.45, 2.75) is 32.9 Å². The lowest BCUT2D eigenvalue weighted by atomic mass is 10.2. The van der Waals surface area contributed by atoms with Crippen molar-refractivity contribution in [1.29, 1.82) is 0 Å². The summed E-state index contributed by atoms with van der Waals surface area (Å²) in [6, 6.07) is 9.48. The Kier molecular flexibility index (Phi) is 6.37. The molecule has 0 radical (unpaired) electrons. The summed E-state index contributed by atoms with van der Waals surface area (Å²) in [5, 5.41) is 0. The molecule has 0 aliphatic heterocycles. The highest BCUT2D eigenvalue weighted by Gasteiger charge is 2.24. The second-order valence-corrected chi connectivity index (χ2v) is 5.79. The highest BCUT2D eigenvalue weighted by atomic mass is 16.6. The number of carbonyl (C=O) groups excluding carboxylic acids is 2. The Labute approximate surface area is 125 Å². The van der Waals surface area contributed by atoms with Crippen LogP contribution in [0.5, 0.6) is 0 Å². The Hall–Kier alpha value is -1.88. The van der Waals surface area contributed by atoms with Crippen LogP contribution in [0.4, 0.5) is 4.79 Å². The molecule has 0 heterocycles. The molecule has 0 bridgehead atoms. The molecule has 5 nitrogen and oxygen atoms in total. The fourth-order valence-corrected chi connectivity index (χ4v) is 1.73. The van der Waals surface area contributed by atoms with Crippen molar-refractivity contribution in [3.63, 3.8) is 0 Å². The van der Waals surface area contributed by atoms with Crippen LogP contribution in [0.25, 0.3) is 0 Å². The van der Waals surface area contributed by atoms with Crippen molar-refractivity contribution >= 4 is 11.9 Å². The maximum atomic E-state index is 12.2. The van der Waals surface area contributed by atoms with Crippen LogP contribution in [0, 0.1) is 0 Å². The minimum atomic E-state index is -0.601. The van der Waals surface area contributed by atoms with Crippen LogP contribution in [0.15, 0.2) is 30.3 Å². The van der Waals surface area contributed by atoms with Crippen molar-refractivity contribution in [2.24, 2.45) is 0 Å². The monoisotopic (exact) mass is 293 g/mol. The quantitative estimate of drug-likeness (QED) is 0.809. The molecule has 1 aromatic carbocycles. The number of amides is 1. The molecule has 0 aliphatic rings. The Bertz CT molecular complexity index is 465. The number of methoxy groups -OCH3 is 1. The van der Waals surface area contributed by atoms with E-state index in [0.717, 1.165) is 5.56 Å². The van der Waals surface area contributed by atoms with E-state index >= 15 is 0 Å². The molecule has 1 amide bonds. The Morgan fingerprint density at radius 3 is 2.29 bits per heavy atom. The van der Waals surface area contributed by atoms with E-state index in [-0.39, 0.29) is 18.9 Å². The smallest absolute Gasteiger partial charge is 0.410 e. The Balaban J connectivity index is 2.78. The van der Waals surface area contributed by atoms with Gasteiger partial charge < -0.3 is 9.47 Å². The number of benzene rings is 1. The van der Waals surface area contributed by atoms with E-state index in [9.17, 15) is 9.59 Å². The maximum Gasteiger partial charge on any atom is 0.410 e. The van der Waals surface area contributed by atoms with Crippen LogP contribution < -0.4 is 0 Å². The lowest BCUT2D eigenvalue weighted by molar-refractivity contribution is -0.123. The van der Waals surface area contributed by atoms with E-state index in [1.807, 2.05) is 30.3 Å². The predicted octanol–water partition coefficient (Wildman–Crippen LogP) is 2.64. The molecule has 0 saturated carbocycles. The summed E-state index contributed by atoms with van der Waals surface area (Å²) in [6.07, 6.45) is -0.504. The average Bonchev–Trinajstić information content (AvgIpc) is 2.37. The van der Waals surface area contributed by atoms with E-state index in [2.05, 4.69) is 0 Å². The molecule has 0 unspecified atom stereocenters. The fourth-order valence-electron chi connectivity index (χ4n) is 1.73. The molecule has 116 valence electrons. The summed E-state index contributed by atoms with van der Waals surface area (Å²) in [7, 11) is 1.45. The van der Waals surface area contributed by atoms with Crippen LogP contribution >= 0.6 is 0 Å². The summed E-state index contributed by atoms with van der Waals surface area (Å²) >= 11 is 0. The van der Waals surface area contributed by atoms with Gasteiger partial charge in [-0.2, -0.15) is 0 Å². The minimum Gasteiger partial charge on any atom is -0.444 e. The minimum absolute atomic E-state index is 0.0198. The van der Waals surface area contributed by atoms with Crippen molar-refractivity contribution < 1.29 is 19.1 Å². The number of carbonyl (C=O) groups is 2. The van der Waals surface area contributed by atoms with Gasteiger partial charge in [-0.05, 0) is 26.3 Å². The third-order valence-corrected chi connectivity index (χ3v) is 2.54. The molecular formula is C16H23NO4. The van der Waals surface area contributed by atoms with Crippen molar-refractivity contribution in [1.82, 2.24) is 4.90 Å². The van der Waals surface area contributed by atoms with Gasteiger partial charge in [-0.25, -0.2) is 4.79 Å². The molecule has 0 fully saturated rings. The van der Waals surface area contributed by atoms with Gasteiger partial charge in [0.25, 0.3) is 0 Å². The molecule has 0 aliphatic carbocycles. The Morgan fingerprint density at radius 2 is 1.76 bits per heavy atom. The van der Waals surface area contributed by atoms with Gasteiger partial charge in [0.2, 0.25) is 0 Å². The van der Waals surface area contributed by atoms with Crippen LogP contribution in [-0.2, 0) is 20.8 Å². The first-order valence-electron chi connectivity index (χ1n) is 6.84. The van der Waals surface area contributed by atoms with Gasteiger partial charge in [0.1, 0.15) is 12.2 Å². The second-order valence-electron chi connectivity index (χ2n) is 5.79. The summed E-state index contributed by atoms with van der Waals surface area (Å²) < 4.78 is 10.2. The molecule has 21 heavy (non-hydrogen) atoms. The molecule has 0 spiro atoms. The summed E-state index contributed by atoms with van der Waals surface area (Å²) in [4.78, 5) is 25.3. The standard InChI is InChI=1S/C16H23NO4/c1-16(2,3)21-15(19)17(11-14(18)12-20-4)10-13-8-6-5-7-9-13/h5-9H,10-12H2,1-4H3. The zero-order valence-corrected chi connectivity index (χ0v) is 13.1. The van der Waals surface area contributed by atoms with Crippen molar-refractivity contribution in [3.8, 4) is 0 Å². The average molecular weight is 293 g/mol. The van der Waals surface area contributed by atoms with Gasteiger partial charge in [-0.15, -0.1) is 0 Å². The number of nitrogens with zero attached hydrogens (tertiary/aromatic N) is 1. The molecule has 1 rings (SSSR count). The highest BCUT2D eigenvalue weighted by molar-refractivity contribution is 5.85. The molecule has 1 aromatic rings. The van der Waals surface area contributed by atoms with Gasteiger partial charge in [-0.3, -0.25) is 9.69 Å². The van der Waals surface area contributed by atoms with Gasteiger partial charge in [0.05, 0.1) is 6.54 Å². The predicted molar refractivity (Wildman–Crippen MR) is 80.0 cm³/mol. The highest BCUT2D eigenvalue weighted by Crippen LogP contribution is 2.12. The third-order valence-electron chi connectivity index (χ3n) is 2.54. The second kappa shape index (κ2) is 7.78. The molecule has 5 heteroatoms. The SMILES string of the molecule is COCC(=O)CN(Cc1ccccc1)C(=O)OC(C)(C)C. The zero-order valence-electron chi connectivity index (χ0n) is 13.1. The van der Waals surface area contributed by atoms with Gasteiger partial charge >= 0.3 is 6.09 Å². The number of rotatable bonds is 6. The molecule has 0 N–H and O–H groups in total. The third kappa shape index (κ3) is 6.90. The lowest BCUT2D eigenvalue weighted by Crippen LogP contribution is -2.40. The summed E-state index contributed by atoms with van der Waals surface area (Å²) in [5.74, 6) is -0.167. The van der Waals surface area contributed by atoms with E-state index in [4.69, 9.17) is 9.47 Å². The number of hydrogen-bond donors (Lipinski definition) is 0. The molecule has 0 saturated heterocycles. The summed E-state index contributed by atoms with van der Waals surface area (Å²) in [5.41, 5.74) is 0.338. The van der Waals surface area contributed by atoms with Crippen LogP contribution in [-0.4, -0.2) is 42.6 Å². The van der Waals surface area contributed by atoms with E-state index in [0.29, 0.717) is 6.54 Å². The topological polar surface area (TPSA) is 55.8 Å². The zero-order chi connectivity index (χ0) is 15.9. The fraction of sp³-hybridized carbons (Fsp3) is 0.500. The summed E-state index contributed by atoms with van der Waals surface area (Å²) in [6.45, 7) is 5.66. The lowest BCUT2D eigenvalue weighted by Gasteiger charge is -2.27. The van der Waals surface area contributed by atoms with E-state index < -0.39 is 11.7 Å². The Morgan fingerprint density at radius 1 is 1.14 bits per heavy atom. The van der Waals surface area contributed by atoms with Crippen LogP contribution in [0.1, 0.15) is 26.3 Å².